The Morgan fingerprint density at radius 3 is 2.53 bits per heavy atom. The Labute approximate surface area is 103 Å². The number of nitrogens with one attached hydrogen (secondary N) is 1. The zero-order valence-corrected chi connectivity index (χ0v) is 10.5. The molecule has 90 valence electrons. The molecule has 0 aliphatic heterocycles. The van der Waals surface area contributed by atoms with Crippen molar-refractivity contribution in [1.82, 2.24) is 5.32 Å². The van der Waals surface area contributed by atoms with Gasteiger partial charge >= 0.3 is 0 Å². The Morgan fingerprint density at radius 1 is 1.29 bits per heavy atom. The van der Waals surface area contributed by atoms with Crippen LogP contribution in [0.4, 0.5) is 0 Å². The molecule has 0 saturated carbocycles. The lowest BCUT2D eigenvalue weighted by molar-refractivity contribution is 0.0952. The molecule has 1 amide bonds. The molecule has 0 saturated heterocycles. The molecule has 1 rings (SSSR count). The fraction of sp³-hybridized carbons (Fsp3) is 0.400. The summed E-state index contributed by atoms with van der Waals surface area (Å²) in [4.78, 5) is 12.0. The molecular weight excluding hydrogens is 210 g/mol. The standard InChI is InChI=1S/C15H19NO/c1-4-5-6-7-11-16-15(17)14-12(2)9-8-10-13(14)3/h1,8-10H,5-7,11H2,2-3H3,(H,16,17). The number of carbonyl (C=O) groups excluding carboxylic acids is 1. The maximum atomic E-state index is 12.0. The van der Waals surface area contributed by atoms with Crippen molar-refractivity contribution in [2.75, 3.05) is 6.54 Å². The number of hydrogen-bond acceptors (Lipinski definition) is 1. The number of aryl methyl sites for hydroxylation is 2. The van der Waals surface area contributed by atoms with Gasteiger partial charge in [-0.3, -0.25) is 4.79 Å². The molecule has 1 aromatic rings. The van der Waals surface area contributed by atoms with E-state index in [1.807, 2.05) is 32.0 Å². The first kappa shape index (κ1) is 13.3. The van der Waals surface area contributed by atoms with E-state index in [0.717, 1.165) is 36.0 Å². The number of carbonyl (C=O) groups is 1. The highest BCUT2D eigenvalue weighted by Crippen LogP contribution is 2.12. The van der Waals surface area contributed by atoms with Crippen molar-refractivity contribution in [3.63, 3.8) is 0 Å². The second kappa shape index (κ2) is 6.75. The fourth-order valence-electron chi connectivity index (χ4n) is 1.81. The van der Waals surface area contributed by atoms with Crippen molar-refractivity contribution in [2.45, 2.75) is 33.1 Å². The minimum Gasteiger partial charge on any atom is -0.352 e. The number of benzene rings is 1. The summed E-state index contributed by atoms with van der Waals surface area (Å²) in [6.07, 6.45) is 7.83. The highest BCUT2D eigenvalue weighted by Gasteiger charge is 2.10. The highest BCUT2D eigenvalue weighted by molar-refractivity contribution is 5.96. The monoisotopic (exact) mass is 229 g/mol. The van der Waals surface area contributed by atoms with Crippen molar-refractivity contribution in [2.24, 2.45) is 0 Å². The lowest BCUT2D eigenvalue weighted by atomic mass is 10.0. The summed E-state index contributed by atoms with van der Waals surface area (Å²) in [5, 5.41) is 2.93. The minimum atomic E-state index is 0.0151. The fourth-order valence-corrected chi connectivity index (χ4v) is 1.81. The molecule has 1 aromatic carbocycles. The Bertz CT molecular complexity index is 409. The largest absolute Gasteiger partial charge is 0.352 e. The smallest absolute Gasteiger partial charge is 0.251 e. The van der Waals surface area contributed by atoms with Crippen molar-refractivity contribution in [3.05, 3.63) is 34.9 Å². The first-order valence-corrected chi connectivity index (χ1v) is 5.94. The third kappa shape index (κ3) is 3.96. The van der Waals surface area contributed by atoms with Gasteiger partial charge in [-0.2, -0.15) is 0 Å². The van der Waals surface area contributed by atoms with Crippen molar-refractivity contribution >= 4 is 5.91 Å². The summed E-state index contributed by atoms with van der Waals surface area (Å²) >= 11 is 0. The van der Waals surface area contributed by atoms with Crippen LogP contribution in [0.2, 0.25) is 0 Å². The third-order valence-electron chi connectivity index (χ3n) is 2.74. The molecule has 17 heavy (non-hydrogen) atoms. The van der Waals surface area contributed by atoms with E-state index in [0.29, 0.717) is 6.54 Å². The Morgan fingerprint density at radius 2 is 1.94 bits per heavy atom. The van der Waals surface area contributed by atoms with Gasteiger partial charge in [0.2, 0.25) is 0 Å². The second-order valence-electron chi connectivity index (χ2n) is 4.18. The molecule has 1 N–H and O–H groups in total. The van der Waals surface area contributed by atoms with E-state index in [1.165, 1.54) is 0 Å². The van der Waals surface area contributed by atoms with Crippen LogP contribution in [0.25, 0.3) is 0 Å². The average Bonchev–Trinajstić information content (AvgIpc) is 2.28. The van der Waals surface area contributed by atoms with Crippen LogP contribution in [0.5, 0.6) is 0 Å². The van der Waals surface area contributed by atoms with Gasteiger partial charge in [0.25, 0.3) is 5.91 Å². The normalized spacial score (nSPS) is 9.71. The summed E-state index contributed by atoms with van der Waals surface area (Å²) in [7, 11) is 0. The van der Waals surface area contributed by atoms with Crippen molar-refractivity contribution in [1.29, 1.82) is 0 Å². The van der Waals surface area contributed by atoms with Gasteiger partial charge < -0.3 is 5.32 Å². The van der Waals surface area contributed by atoms with Gasteiger partial charge in [-0.15, -0.1) is 12.3 Å². The molecule has 0 aromatic heterocycles. The second-order valence-corrected chi connectivity index (χ2v) is 4.18. The maximum absolute atomic E-state index is 12.0. The van der Waals surface area contributed by atoms with Crippen LogP contribution in [0.3, 0.4) is 0 Å². The Balaban J connectivity index is 2.51. The van der Waals surface area contributed by atoms with Crippen LogP contribution in [0, 0.1) is 26.2 Å². The zero-order valence-electron chi connectivity index (χ0n) is 10.5. The first-order chi connectivity index (χ1) is 8.16. The number of unbranched alkanes of at least 4 members (excludes halogenated alkanes) is 2. The Hall–Kier alpha value is -1.75. The van der Waals surface area contributed by atoms with E-state index in [4.69, 9.17) is 6.42 Å². The molecule has 0 atom stereocenters. The molecule has 0 radical (unpaired) electrons. The molecule has 0 aliphatic carbocycles. The number of amides is 1. The summed E-state index contributed by atoms with van der Waals surface area (Å²) in [5.74, 6) is 2.61. The number of hydrogen-bond donors (Lipinski definition) is 1. The van der Waals surface area contributed by atoms with E-state index < -0.39 is 0 Å². The summed E-state index contributed by atoms with van der Waals surface area (Å²) in [5.41, 5.74) is 2.83. The van der Waals surface area contributed by atoms with Crippen LogP contribution in [-0.2, 0) is 0 Å². The predicted molar refractivity (Wildman–Crippen MR) is 70.9 cm³/mol. The van der Waals surface area contributed by atoms with Gasteiger partial charge in [0.1, 0.15) is 0 Å². The summed E-state index contributed by atoms with van der Waals surface area (Å²) < 4.78 is 0. The van der Waals surface area contributed by atoms with Gasteiger partial charge in [0, 0.05) is 18.5 Å². The SMILES string of the molecule is C#CCCCCNC(=O)c1c(C)cccc1C. The molecule has 0 fully saturated rings. The number of terminal acetylenes is 1. The van der Waals surface area contributed by atoms with E-state index in [2.05, 4.69) is 11.2 Å². The summed E-state index contributed by atoms with van der Waals surface area (Å²) in [6, 6.07) is 5.88. The maximum Gasteiger partial charge on any atom is 0.251 e. The molecule has 2 nitrogen and oxygen atoms in total. The van der Waals surface area contributed by atoms with Crippen molar-refractivity contribution in [3.8, 4) is 12.3 Å². The molecule has 2 heteroatoms. The van der Waals surface area contributed by atoms with E-state index in [9.17, 15) is 4.79 Å². The van der Waals surface area contributed by atoms with Crippen LogP contribution in [0.1, 0.15) is 40.7 Å². The Kier molecular flexibility index (Phi) is 5.29. The van der Waals surface area contributed by atoms with Crippen LogP contribution >= 0.6 is 0 Å². The van der Waals surface area contributed by atoms with E-state index in [-0.39, 0.29) is 5.91 Å². The topological polar surface area (TPSA) is 29.1 Å². The van der Waals surface area contributed by atoms with Gasteiger partial charge in [-0.25, -0.2) is 0 Å². The first-order valence-electron chi connectivity index (χ1n) is 5.94. The van der Waals surface area contributed by atoms with Crippen LogP contribution in [-0.4, -0.2) is 12.5 Å². The number of rotatable bonds is 5. The molecule has 0 spiro atoms. The van der Waals surface area contributed by atoms with E-state index in [1.54, 1.807) is 0 Å². The lowest BCUT2D eigenvalue weighted by Gasteiger charge is -2.09. The molecule has 0 bridgehead atoms. The molecular formula is C15H19NO. The molecule has 0 unspecified atom stereocenters. The highest BCUT2D eigenvalue weighted by atomic mass is 16.1. The zero-order chi connectivity index (χ0) is 12.7. The van der Waals surface area contributed by atoms with Gasteiger partial charge in [-0.05, 0) is 37.8 Å². The average molecular weight is 229 g/mol. The van der Waals surface area contributed by atoms with Gasteiger partial charge in [0.05, 0.1) is 0 Å². The van der Waals surface area contributed by atoms with E-state index >= 15 is 0 Å². The molecule has 0 aliphatic rings. The van der Waals surface area contributed by atoms with Crippen LogP contribution < -0.4 is 5.32 Å². The summed E-state index contributed by atoms with van der Waals surface area (Å²) in [6.45, 7) is 4.61. The van der Waals surface area contributed by atoms with Gasteiger partial charge in [0.15, 0.2) is 0 Å². The molecule has 0 heterocycles. The lowest BCUT2D eigenvalue weighted by Crippen LogP contribution is -2.26. The van der Waals surface area contributed by atoms with Crippen molar-refractivity contribution < 1.29 is 4.79 Å². The quantitative estimate of drug-likeness (QED) is 0.610. The van der Waals surface area contributed by atoms with Crippen LogP contribution in [0.15, 0.2) is 18.2 Å². The van der Waals surface area contributed by atoms with Gasteiger partial charge in [-0.1, -0.05) is 18.2 Å². The third-order valence-corrected chi connectivity index (χ3v) is 2.74. The predicted octanol–water partition coefficient (Wildman–Crippen LogP) is 2.84. The minimum absolute atomic E-state index is 0.0151.